The number of morpholine rings is 1. The lowest BCUT2D eigenvalue weighted by atomic mass is 9.99. The Labute approximate surface area is 110 Å². The fourth-order valence-corrected chi connectivity index (χ4v) is 2.64. The molecule has 0 amide bonds. The van der Waals surface area contributed by atoms with Gasteiger partial charge in [-0.3, -0.25) is 4.90 Å². The van der Waals surface area contributed by atoms with Crippen molar-refractivity contribution in [3.05, 3.63) is 35.9 Å². The van der Waals surface area contributed by atoms with Crippen LogP contribution in [0.2, 0.25) is 0 Å². The van der Waals surface area contributed by atoms with Gasteiger partial charge in [-0.15, -0.1) is 0 Å². The number of benzene rings is 1. The highest BCUT2D eigenvalue weighted by Crippen LogP contribution is 2.21. The van der Waals surface area contributed by atoms with Crippen molar-refractivity contribution in [3.8, 4) is 0 Å². The Kier molecular flexibility index (Phi) is 5.17. The van der Waals surface area contributed by atoms with E-state index >= 15 is 0 Å². The van der Waals surface area contributed by atoms with Crippen LogP contribution in [0.25, 0.3) is 0 Å². The van der Waals surface area contributed by atoms with Crippen LogP contribution < -0.4 is 5.32 Å². The minimum atomic E-state index is 0.397. The van der Waals surface area contributed by atoms with Crippen molar-refractivity contribution in [2.45, 2.75) is 25.9 Å². The van der Waals surface area contributed by atoms with Crippen LogP contribution in [-0.2, 0) is 4.74 Å². The van der Waals surface area contributed by atoms with Crippen molar-refractivity contribution in [1.29, 1.82) is 0 Å². The zero-order chi connectivity index (χ0) is 12.8. The molecule has 0 spiro atoms. The summed E-state index contributed by atoms with van der Waals surface area (Å²) in [7, 11) is 0. The molecule has 1 aliphatic rings. The van der Waals surface area contributed by atoms with Crippen molar-refractivity contribution in [2.75, 3.05) is 32.8 Å². The van der Waals surface area contributed by atoms with E-state index in [1.165, 1.54) is 5.56 Å². The Morgan fingerprint density at radius 1 is 1.22 bits per heavy atom. The molecule has 0 aromatic heterocycles. The van der Waals surface area contributed by atoms with Crippen molar-refractivity contribution in [2.24, 2.45) is 0 Å². The van der Waals surface area contributed by atoms with Crippen LogP contribution in [-0.4, -0.2) is 43.8 Å². The van der Waals surface area contributed by atoms with Crippen molar-refractivity contribution in [3.63, 3.8) is 0 Å². The second-order valence-electron chi connectivity index (χ2n) is 4.83. The minimum absolute atomic E-state index is 0.397. The topological polar surface area (TPSA) is 24.5 Å². The van der Waals surface area contributed by atoms with E-state index in [1.54, 1.807) is 0 Å². The molecule has 3 nitrogen and oxygen atoms in total. The van der Waals surface area contributed by atoms with Gasteiger partial charge in [0, 0.05) is 25.2 Å². The molecule has 2 atom stereocenters. The number of nitrogens with zero attached hydrogens (tertiary/aromatic N) is 1. The summed E-state index contributed by atoms with van der Waals surface area (Å²) in [5.41, 5.74) is 1.37. The van der Waals surface area contributed by atoms with E-state index in [0.717, 1.165) is 32.8 Å². The average molecular weight is 248 g/mol. The zero-order valence-corrected chi connectivity index (χ0v) is 11.4. The summed E-state index contributed by atoms with van der Waals surface area (Å²) in [6.07, 6.45) is 0. The molecule has 1 heterocycles. The summed E-state index contributed by atoms with van der Waals surface area (Å²) in [5, 5.41) is 3.61. The molecule has 0 bridgehead atoms. The Morgan fingerprint density at radius 3 is 2.50 bits per heavy atom. The lowest BCUT2D eigenvalue weighted by Crippen LogP contribution is -2.48. The average Bonchev–Trinajstić information content (AvgIpc) is 2.46. The first-order chi connectivity index (χ1) is 8.83. The molecule has 100 valence electrons. The van der Waals surface area contributed by atoms with Gasteiger partial charge in [0.1, 0.15) is 0 Å². The number of likely N-dealkylation sites (N-methyl/N-ethyl adjacent to an activating group) is 1. The Morgan fingerprint density at radius 2 is 1.89 bits per heavy atom. The van der Waals surface area contributed by atoms with E-state index in [2.05, 4.69) is 54.4 Å². The van der Waals surface area contributed by atoms with Crippen LogP contribution in [0, 0.1) is 0 Å². The molecule has 1 aliphatic heterocycles. The van der Waals surface area contributed by atoms with E-state index in [0.29, 0.717) is 12.1 Å². The summed E-state index contributed by atoms with van der Waals surface area (Å²) >= 11 is 0. The molecule has 1 fully saturated rings. The summed E-state index contributed by atoms with van der Waals surface area (Å²) in [6, 6.07) is 11.6. The highest BCUT2D eigenvalue weighted by Gasteiger charge is 2.25. The van der Waals surface area contributed by atoms with Gasteiger partial charge < -0.3 is 10.1 Å². The number of nitrogens with one attached hydrogen (secondary N) is 1. The number of rotatable bonds is 5. The van der Waals surface area contributed by atoms with Crippen molar-refractivity contribution < 1.29 is 4.74 Å². The van der Waals surface area contributed by atoms with E-state index in [9.17, 15) is 0 Å². The smallest absolute Gasteiger partial charge is 0.0594 e. The summed E-state index contributed by atoms with van der Waals surface area (Å²) in [4.78, 5) is 2.52. The van der Waals surface area contributed by atoms with E-state index < -0.39 is 0 Å². The molecular weight excluding hydrogens is 224 g/mol. The predicted octanol–water partition coefficient (Wildman–Crippen LogP) is 2.06. The lowest BCUT2D eigenvalue weighted by Gasteiger charge is -2.37. The Balaban J connectivity index is 2.08. The van der Waals surface area contributed by atoms with Gasteiger partial charge in [0.25, 0.3) is 0 Å². The highest BCUT2D eigenvalue weighted by molar-refractivity contribution is 5.20. The second kappa shape index (κ2) is 6.88. The first-order valence-electron chi connectivity index (χ1n) is 6.93. The first-order valence-corrected chi connectivity index (χ1v) is 6.93. The van der Waals surface area contributed by atoms with Crippen molar-refractivity contribution in [1.82, 2.24) is 10.2 Å². The fraction of sp³-hybridized carbons (Fsp3) is 0.600. The monoisotopic (exact) mass is 248 g/mol. The molecule has 3 heteroatoms. The first kappa shape index (κ1) is 13.5. The molecule has 2 rings (SSSR count). The second-order valence-corrected chi connectivity index (χ2v) is 4.83. The molecule has 2 unspecified atom stereocenters. The normalized spacial score (nSPS) is 20.6. The van der Waals surface area contributed by atoms with Crippen LogP contribution in [0.3, 0.4) is 0 Å². The van der Waals surface area contributed by atoms with Gasteiger partial charge in [-0.1, -0.05) is 37.3 Å². The maximum absolute atomic E-state index is 5.43. The maximum Gasteiger partial charge on any atom is 0.0594 e. The van der Waals surface area contributed by atoms with E-state index in [4.69, 9.17) is 4.74 Å². The third kappa shape index (κ3) is 3.31. The minimum Gasteiger partial charge on any atom is -0.379 e. The van der Waals surface area contributed by atoms with Crippen LogP contribution in [0.4, 0.5) is 0 Å². The third-order valence-electron chi connectivity index (χ3n) is 3.69. The number of ether oxygens (including phenoxy) is 1. The Bertz CT molecular complexity index is 336. The van der Waals surface area contributed by atoms with E-state index in [1.807, 2.05) is 0 Å². The Hall–Kier alpha value is -0.900. The standard InChI is InChI=1S/C15H24N2O/c1-3-16-15(14-7-5-4-6-8-14)13(2)17-9-11-18-12-10-17/h4-8,13,15-16H,3,9-12H2,1-2H3. The quantitative estimate of drug-likeness (QED) is 0.863. The van der Waals surface area contributed by atoms with Gasteiger partial charge in [-0.05, 0) is 19.0 Å². The predicted molar refractivity (Wildman–Crippen MR) is 74.7 cm³/mol. The molecule has 18 heavy (non-hydrogen) atoms. The summed E-state index contributed by atoms with van der Waals surface area (Å²) in [6.45, 7) is 9.27. The molecule has 1 aromatic carbocycles. The SMILES string of the molecule is CCNC(c1ccccc1)C(C)N1CCOCC1. The fourth-order valence-electron chi connectivity index (χ4n) is 2.64. The highest BCUT2D eigenvalue weighted by atomic mass is 16.5. The summed E-state index contributed by atoms with van der Waals surface area (Å²) in [5.74, 6) is 0. The maximum atomic E-state index is 5.43. The van der Waals surface area contributed by atoms with Gasteiger partial charge in [-0.25, -0.2) is 0 Å². The molecule has 0 radical (unpaired) electrons. The van der Waals surface area contributed by atoms with Gasteiger partial charge >= 0.3 is 0 Å². The molecule has 1 N–H and O–H groups in total. The van der Waals surface area contributed by atoms with Crippen LogP contribution >= 0.6 is 0 Å². The molecule has 0 aliphatic carbocycles. The number of hydrogen-bond acceptors (Lipinski definition) is 3. The third-order valence-corrected chi connectivity index (χ3v) is 3.69. The summed E-state index contributed by atoms with van der Waals surface area (Å²) < 4.78 is 5.43. The molecule has 1 saturated heterocycles. The van der Waals surface area contributed by atoms with Gasteiger partial charge in [0.15, 0.2) is 0 Å². The molecule has 0 saturated carbocycles. The van der Waals surface area contributed by atoms with Gasteiger partial charge in [-0.2, -0.15) is 0 Å². The van der Waals surface area contributed by atoms with Crippen LogP contribution in [0.1, 0.15) is 25.5 Å². The van der Waals surface area contributed by atoms with Gasteiger partial charge in [0.05, 0.1) is 13.2 Å². The van der Waals surface area contributed by atoms with E-state index in [-0.39, 0.29) is 0 Å². The lowest BCUT2D eigenvalue weighted by molar-refractivity contribution is 0.0121. The molecular formula is C15H24N2O. The van der Waals surface area contributed by atoms with Crippen LogP contribution in [0.5, 0.6) is 0 Å². The van der Waals surface area contributed by atoms with Crippen LogP contribution in [0.15, 0.2) is 30.3 Å². The van der Waals surface area contributed by atoms with Crippen molar-refractivity contribution >= 4 is 0 Å². The zero-order valence-electron chi connectivity index (χ0n) is 11.4. The largest absolute Gasteiger partial charge is 0.379 e. The number of hydrogen-bond donors (Lipinski definition) is 1. The van der Waals surface area contributed by atoms with Gasteiger partial charge in [0.2, 0.25) is 0 Å². The molecule has 1 aromatic rings.